The largest absolute Gasteiger partial charge is 0.367 e. The van der Waals surface area contributed by atoms with Gasteiger partial charge in [0.25, 0.3) is 0 Å². The first-order chi connectivity index (χ1) is 9.60. The van der Waals surface area contributed by atoms with Crippen molar-refractivity contribution in [3.8, 4) is 0 Å². The minimum absolute atomic E-state index is 0.200. The van der Waals surface area contributed by atoms with Crippen LogP contribution < -0.4 is 0 Å². The Morgan fingerprint density at radius 3 is 2.10 bits per heavy atom. The molecular formula is C18H26O2. The van der Waals surface area contributed by atoms with Gasteiger partial charge in [-0.2, -0.15) is 0 Å². The summed E-state index contributed by atoms with van der Waals surface area (Å²) in [6, 6.07) is 4.40. The number of rotatable bonds is 5. The molecule has 1 heterocycles. The summed E-state index contributed by atoms with van der Waals surface area (Å²) in [5.74, 6) is 0.200. The summed E-state index contributed by atoms with van der Waals surface area (Å²) in [4.78, 5) is 12.8. The third kappa shape index (κ3) is 2.95. The zero-order valence-electron chi connectivity index (χ0n) is 13.2. The van der Waals surface area contributed by atoms with E-state index in [1.807, 2.05) is 0 Å². The van der Waals surface area contributed by atoms with E-state index in [-0.39, 0.29) is 18.0 Å². The van der Waals surface area contributed by atoms with Gasteiger partial charge in [0.05, 0.1) is 6.10 Å². The molecule has 20 heavy (non-hydrogen) atoms. The summed E-state index contributed by atoms with van der Waals surface area (Å²) in [5, 5.41) is 0. The highest BCUT2D eigenvalue weighted by atomic mass is 16.5. The highest BCUT2D eigenvalue weighted by molar-refractivity contribution is 6.02. The number of carbonyl (C=O) groups excluding carboxylic acids is 1. The fraction of sp³-hybridized carbons (Fsp3) is 0.611. The summed E-state index contributed by atoms with van der Waals surface area (Å²) in [6.07, 6.45) is 4.68. The molecule has 2 unspecified atom stereocenters. The second-order valence-corrected chi connectivity index (χ2v) is 5.73. The number of hydrogen-bond acceptors (Lipinski definition) is 2. The third-order valence-corrected chi connectivity index (χ3v) is 4.30. The van der Waals surface area contributed by atoms with Crippen molar-refractivity contribution in [2.75, 3.05) is 0 Å². The van der Waals surface area contributed by atoms with Gasteiger partial charge in [0.1, 0.15) is 6.10 Å². The SMILES string of the molecule is CCc1cc(CC)c(C(=O)C2CCC(C)O2)c(CC)c1. The summed E-state index contributed by atoms with van der Waals surface area (Å²) < 4.78 is 5.78. The van der Waals surface area contributed by atoms with Gasteiger partial charge in [-0.15, -0.1) is 0 Å². The van der Waals surface area contributed by atoms with Crippen LogP contribution in [0.15, 0.2) is 12.1 Å². The minimum atomic E-state index is -0.229. The average molecular weight is 274 g/mol. The molecule has 1 aliphatic heterocycles. The van der Waals surface area contributed by atoms with Gasteiger partial charge in [-0.3, -0.25) is 4.79 Å². The highest BCUT2D eigenvalue weighted by Crippen LogP contribution is 2.27. The minimum Gasteiger partial charge on any atom is -0.367 e. The molecule has 0 aromatic heterocycles. The molecule has 1 aromatic carbocycles. The lowest BCUT2D eigenvalue weighted by Crippen LogP contribution is -2.23. The summed E-state index contributed by atoms with van der Waals surface area (Å²) in [5.41, 5.74) is 4.64. The molecule has 2 heteroatoms. The molecule has 0 aliphatic carbocycles. The summed E-state index contributed by atoms with van der Waals surface area (Å²) in [6.45, 7) is 8.47. The van der Waals surface area contributed by atoms with E-state index < -0.39 is 0 Å². The van der Waals surface area contributed by atoms with Gasteiger partial charge in [-0.25, -0.2) is 0 Å². The van der Waals surface area contributed by atoms with Gasteiger partial charge < -0.3 is 4.74 Å². The van der Waals surface area contributed by atoms with E-state index in [0.29, 0.717) is 0 Å². The van der Waals surface area contributed by atoms with E-state index in [9.17, 15) is 4.79 Å². The van der Waals surface area contributed by atoms with Crippen molar-refractivity contribution < 1.29 is 9.53 Å². The molecule has 0 saturated carbocycles. The number of carbonyl (C=O) groups is 1. The maximum atomic E-state index is 12.8. The highest BCUT2D eigenvalue weighted by Gasteiger charge is 2.31. The Morgan fingerprint density at radius 1 is 1.10 bits per heavy atom. The molecule has 1 aromatic rings. The lowest BCUT2D eigenvalue weighted by Gasteiger charge is -2.18. The molecule has 110 valence electrons. The van der Waals surface area contributed by atoms with Crippen molar-refractivity contribution in [1.29, 1.82) is 0 Å². The van der Waals surface area contributed by atoms with Gasteiger partial charge in [-0.1, -0.05) is 32.9 Å². The maximum absolute atomic E-state index is 12.8. The number of ketones is 1. The second kappa shape index (κ2) is 6.53. The average Bonchev–Trinajstić information content (AvgIpc) is 2.91. The number of benzene rings is 1. The third-order valence-electron chi connectivity index (χ3n) is 4.30. The van der Waals surface area contributed by atoms with Gasteiger partial charge >= 0.3 is 0 Å². The predicted octanol–water partition coefficient (Wildman–Crippen LogP) is 4.12. The van der Waals surface area contributed by atoms with Crippen LogP contribution in [-0.4, -0.2) is 18.0 Å². The van der Waals surface area contributed by atoms with E-state index in [1.54, 1.807) is 0 Å². The summed E-state index contributed by atoms with van der Waals surface area (Å²) in [7, 11) is 0. The van der Waals surface area contributed by atoms with Gasteiger partial charge in [0, 0.05) is 5.56 Å². The van der Waals surface area contributed by atoms with Crippen molar-refractivity contribution in [1.82, 2.24) is 0 Å². The molecule has 0 spiro atoms. The smallest absolute Gasteiger partial charge is 0.192 e. The molecule has 0 bridgehead atoms. The Hall–Kier alpha value is -1.15. The second-order valence-electron chi connectivity index (χ2n) is 5.73. The molecule has 2 nitrogen and oxygen atoms in total. The normalized spacial score (nSPS) is 22.2. The lowest BCUT2D eigenvalue weighted by atomic mass is 9.89. The first kappa shape index (κ1) is 15.2. The fourth-order valence-electron chi connectivity index (χ4n) is 3.07. The van der Waals surface area contributed by atoms with Crippen LogP contribution in [0.25, 0.3) is 0 Å². The lowest BCUT2D eigenvalue weighted by molar-refractivity contribution is 0.0432. The Morgan fingerprint density at radius 2 is 1.70 bits per heavy atom. The van der Waals surface area contributed by atoms with E-state index in [4.69, 9.17) is 4.74 Å². The molecular weight excluding hydrogens is 248 g/mol. The van der Waals surface area contributed by atoms with Crippen LogP contribution in [0.1, 0.15) is 67.6 Å². The van der Waals surface area contributed by atoms with E-state index in [2.05, 4.69) is 39.8 Å². The molecule has 1 aliphatic rings. The molecule has 1 fully saturated rings. The number of aryl methyl sites for hydroxylation is 3. The number of Topliss-reactive ketones (excluding diaryl/α,β-unsaturated/α-hetero) is 1. The van der Waals surface area contributed by atoms with Gasteiger partial charge in [0.2, 0.25) is 0 Å². The van der Waals surface area contributed by atoms with Crippen molar-refractivity contribution in [2.45, 2.75) is 72.0 Å². The fourth-order valence-corrected chi connectivity index (χ4v) is 3.07. The van der Waals surface area contributed by atoms with Crippen LogP contribution in [0, 0.1) is 0 Å². The number of hydrogen-bond donors (Lipinski definition) is 0. The molecule has 1 saturated heterocycles. The van der Waals surface area contributed by atoms with Crippen LogP contribution in [0.5, 0.6) is 0 Å². The first-order valence-corrected chi connectivity index (χ1v) is 7.94. The first-order valence-electron chi connectivity index (χ1n) is 7.94. The zero-order chi connectivity index (χ0) is 14.7. The van der Waals surface area contributed by atoms with Crippen molar-refractivity contribution >= 4 is 5.78 Å². The van der Waals surface area contributed by atoms with Crippen molar-refractivity contribution in [2.24, 2.45) is 0 Å². The molecule has 0 radical (unpaired) electrons. The van der Waals surface area contributed by atoms with Crippen LogP contribution in [-0.2, 0) is 24.0 Å². The molecule has 2 rings (SSSR count). The topological polar surface area (TPSA) is 26.3 Å². The Bertz CT molecular complexity index is 465. The van der Waals surface area contributed by atoms with E-state index in [0.717, 1.165) is 37.7 Å². The molecule has 2 atom stereocenters. The maximum Gasteiger partial charge on any atom is 0.192 e. The van der Waals surface area contributed by atoms with E-state index >= 15 is 0 Å². The number of ether oxygens (including phenoxy) is 1. The standard InChI is InChI=1S/C18H26O2/c1-5-13-10-14(6-2)17(15(7-3)11-13)18(19)16-9-8-12(4)20-16/h10-12,16H,5-9H2,1-4H3. The van der Waals surface area contributed by atoms with Crippen molar-refractivity contribution in [3.05, 3.63) is 34.4 Å². The Balaban J connectivity index is 2.40. The van der Waals surface area contributed by atoms with Crippen LogP contribution in [0.2, 0.25) is 0 Å². The van der Waals surface area contributed by atoms with E-state index in [1.165, 1.54) is 16.7 Å². The zero-order valence-corrected chi connectivity index (χ0v) is 13.2. The van der Waals surface area contributed by atoms with Crippen molar-refractivity contribution in [3.63, 3.8) is 0 Å². The van der Waals surface area contributed by atoms with Crippen LogP contribution in [0.3, 0.4) is 0 Å². The Kier molecular flexibility index (Phi) is 4.98. The Labute approximate surface area is 122 Å². The van der Waals surface area contributed by atoms with Gasteiger partial charge in [-0.05, 0) is 55.7 Å². The molecule has 0 N–H and O–H groups in total. The quantitative estimate of drug-likeness (QED) is 0.755. The van der Waals surface area contributed by atoms with Crippen LogP contribution in [0.4, 0.5) is 0 Å². The van der Waals surface area contributed by atoms with Gasteiger partial charge in [0.15, 0.2) is 5.78 Å². The summed E-state index contributed by atoms with van der Waals surface area (Å²) >= 11 is 0. The predicted molar refractivity (Wildman–Crippen MR) is 82.5 cm³/mol. The van der Waals surface area contributed by atoms with Crippen LogP contribution >= 0.6 is 0 Å². The monoisotopic (exact) mass is 274 g/mol. The molecule has 0 amide bonds.